The number of nitro benzene ring substituents is 1. The topological polar surface area (TPSA) is 114 Å². The van der Waals surface area contributed by atoms with Gasteiger partial charge in [0.15, 0.2) is 0 Å². The Kier molecular flexibility index (Phi) is 6.84. The number of rotatable bonds is 7. The van der Waals surface area contributed by atoms with Gasteiger partial charge in [-0.3, -0.25) is 35.5 Å². The molecule has 2 aromatic rings. The molecule has 2 amide bonds. The molecule has 142 valence electrons. The smallest absolute Gasteiger partial charge is 0.270 e. The molecule has 0 heterocycles. The lowest BCUT2D eigenvalue weighted by atomic mass is 10.2. The monoisotopic (exact) mass is 372 g/mol. The van der Waals surface area contributed by atoms with Gasteiger partial charge >= 0.3 is 0 Å². The van der Waals surface area contributed by atoms with E-state index < -0.39 is 16.7 Å². The summed E-state index contributed by atoms with van der Waals surface area (Å²) >= 11 is 0. The average molecular weight is 372 g/mol. The number of para-hydroxylation sites is 1. The molecular formula is C18H20N4O5. The molecule has 0 aromatic heterocycles. The summed E-state index contributed by atoms with van der Waals surface area (Å²) in [7, 11) is 3.34. The van der Waals surface area contributed by atoms with Crippen molar-refractivity contribution in [3.63, 3.8) is 0 Å². The lowest BCUT2D eigenvalue weighted by molar-refractivity contribution is -0.384. The van der Waals surface area contributed by atoms with Crippen molar-refractivity contribution in [2.45, 2.75) is 6.54 Å². The summed E-state index contributed by atoms with van der Waals surface area (Å²) < 4.78 is 5.27. The fraction of sp³-hybridized carbons (Fsp3) is 0.222. The number of hydrogen-bond acceptors (Lipinski definition) is 6. The summed E-state index contributed by atoms with van der Waals surface area (Å²) in [6.45, 7) is 0.517. The van der Waals surface area contributed by atoms with E-state index in [4.69, 9.17) is 4.74 Å². The molecular weight excluding hydrogens is 352 g/mol. The lowest BCUT2D eigenvalue weighted by Crippen LogP contribution is -2.45. The predicted octanol–water partition coefficient (Wildman–Crippen LogP) is 1.50. The number of amides is 2. The van der Waals surface area contributed by atoms with E-state index in [1.807, 2.05) is 24.3 Å². The van der Waals surface area contributed by atoms with Crippen molar-refractivity contribution in [3.05, 3.63) is 69.8 Å². The summed E-state index contributed by atoms with van der Waals surface area (Å²) in [5.41, 5.74) is 5.34. The van der Waals surface area contributed by atoms with Gasteiger partial charge in [0.25, 0.3) is 17.5 Å². The Morgan fingerprint density at radius 2 is 1.89 bits per heavy atom. The summed E-state index contributed by atoms with van der Waals surface area (Å²) in [6.07, 6.45) is 0. The van der Waals surface area contributed by atoms with Crippen LogP contribution in [0.15, 0.2) is 48.5 Å². The first-order chi connectivity index (χ1) is 12.9. The van der Waals surface area contributed by atoms with Gasteiger partial charge in [-0.1, -0.05) is 24.3 Å². The normalized spacial score (nSPS) is 10.3. The molecule has 9 nitrogen and oxygen atoms in total. The zero-order valence-electron chi connectivity index (χ0n) is 15.0. The van der Waals surface area contributed by atoms with E-state index in [1.54, 1.807) is 19.1 Å². The lowest BCUT2D eigenvalue weighted by Gasteiger charge is -2.18. The van der Waals surface area contributed by atoms with E-state index in [2.05, 4.69) is 10.9 Å². The van der Waals surface area contributed by atoms with Gasteiger partial charge in [0.05, 0.1) is 18.6 Å². The number of nitrogens with one attached hydrogen (secondary N) is 2. The number of methoxy groups -OCH3 is 1. The molecule has 0 saturated carbocycles. The Labute approximate surface area is 156 Å². The molecule has 0 atom stereocenters. The molecule has 0 unspecified atom stereocenters. The summed E-state index contributed by atoms with van der Waals surface area (Å²) in [5, 5.41) is 10.7. The number of hydrogen-bond donors (Lipinski definition) is 2. The zero-order chi connectivity index (χ0) is 19.8. The standard InChI is InChI=1S/C18H20N4O5/c1-21(11-14-6-3-4-9-16(14)27-2)12-17(23)19-20-18(24)13-7-5-8-15(10-13)22(25)26/h3-10H,11-12H2,1-2H3,(H,19,23)(H,20,24). The maximum Gasteiger partial charge on any atom is 0.270 e. The molecule has 9 heteroatoms. The number of carbonyl (C=O) groups excluding carboxylic acids is 2. The van der Waals surface area contributed by atoms with Crippen molar-refractivity contribution in [3.8, 4) is 5.75 Å². The van der Waals surface area contributed by atoms with E-state index >= 15 is 0 Å². The van der Waals surface area contributed by atoms with E-state index in [0.29, 0.717) is 6.54 Å². The highest BCUT2D eigenvalue weighted by Crippen LogP contribution is 2.18. The van der Waals surface area contributed by atoms with Crippen molar-refractivity contribution < 1.29 is 19.2 Å². The largest absolute Gasteiger partial charge is 0.496 e. The maximum atomic E-state index is 12.0. The van der Waals surface area contributed by atoms with Gasteiger partial charge in [-0.05, 0) is 19.2 Å². The number of hydrazine groups is 1. The Balaban J connectivity index is 1.85. The van der Waals surface area contributed by atoms with Crippen LogP contribution in [-0.4, -0.2) is 42.3 Å². The van der Waals surface area contributed by atoms with E-state index in [1.165, 1.54) is 18.2 Å². The van der Waals surface area contributed by atoms with Gasteiger partial charge in [0, 0.05) is 29.8 Å². The average Bonchev–Trinajstić information content (AvgIpc) is 2.66. The first-order valence-corrected chi connectivity index (χ1v) is 8.04. The van der Waals surface area contributed by atoms with Crippen LogP contribution in [0.5, 0.6) is 5.75 Å². The Morgan fingerprint density at radius 3 is 2.59 bits per heavy atom. The van der Waals surface area contributed by atoms with Gasteiger partial charge in [0.2, 0.25) is 0 Å². The third-order valence-corrected chi connectivity index (χ3v) is 3.68. The second-order valence-corrected chi connectivity index (χ2v) is 5.79. The Hall–Kier alpha value is -3.46. The molecule has 0 spiro atoms. The molecule has 0 radical (unpaired) electrons. The Bertz CT molecular complexity index is 840. The molecule has 27 heavy (non-hydrogen) atoms. The minimum Gasteiger partial charge on any atom is -0.496 e. The van der Waals surface area contributed by atoms with Crippen LogP contribution < -0.4 is 15.6 Å². The van der Waals surface area contributed by atoms with Crippen LogP contribution in [0.2, 0.25) is 0 Å². The molecule has 0 aliphatic heterocycles. The number of nitrogens with zero attached hydrogens (tertiary/aromatic N) is 2. The maximum absolute atomic E-state index is 12.0. The van der Waals surface area contributed by atoms with Crippen molar-refractivity contribution in [2.24, 2.45) is 0 Å². The van der Waals surface area contributed by atoms with Crippen LogP contribution in [0.4, 0.5) is 5.69 Å². The fourth-order valence-electron chi connectivity index (χ4n) is 2.42. The highest BCUT2D eigenvalue weighted by Gasteiger charge is 2.13. The van der Waals surface area contributed by atoms with Crippen LogP contribution in [0.25, 0.3) is 0 Å². The van der Waals surface area contributed by atoms with E-state index in [0.717, 1.165) is 17.4 Å². The first kappa shape index (κ1) is 19.9. The van der Waals surface area contributed by atoms with Crippen LogP contribution >= 0.6 is 0 Å². The van der Waals surface area contributed by atoms with Crippen molar-refractivity contribution in [2.75, 3.05) is 20.7 Å². The molecule has 0 fully saturated rings. The molecule has 0 bridgehead atoms. The first-order valence-electron chi connectivity index (χ1n) is 8.04. The fourth-order valence-corrected chi connectivity index (χ4v) is 2.42. The van der Waals surface area contributed by atoms with Gasteiger partial charge < -0.3 is 4.74 Å². The highest BCUT2D eigenvalue weighted by atomic mass is 16.6. The SMILES string of the molecule is COc1ccccc1CN(C)CC(=O)NNC(=O)c1cccc([N+](=O)[O-])c1. The van der Waals surface area contributed by atoms with Crippen LogP contribution in [0.1, 0.15) is 15.9 Å². The van der Waals surface area contributed by atoms with Gasteiger partial charge in [0.1, 0.15) is 5.75 Å². The van der Waals surface area contributed by atoms with Crippen molar-refractivity contribution >= 4 is 17.5 Å². The van der Waals surface area contributed by atoms with Crippen LogP contribution in [0, 0.1) is 10.1 Å². The minimum absolute atomic E-state index is 0.0350. The van der Waals surface area contributed by atoms with Crippen LogP contribution in [0.3, 0.4) is 0 Å². The summed E-state index contributed by atoms with van der Waals surface area (Å²) in [4.78, 5) is 35.9. The molecule has 2 aromatic carbocycles. The zero-order valence-corrected chi connectivity index (χ0v) is 15.0. The van der Waals surface area contributed by atoms with E-state index in [-0.39, 0.29) is 17.8 Å². The van der Waals surface area contributed by atoms with Gasteiger partial charge in [-0.15, -0.1) is 0 Å². The number of ether oxygens (including phenoxy) is 1. The Morgan fingerprint density at radius 1 is 1.15 bits per heavy atom. The number of nitro groups is 1. The molecule has 0 aliphatic rings. The number of carbonyl (C=O) groups is 2. The molecule has 0 aliphatic carbocycles. The third-order valence-electron chi connectivity index (χ3n) is 3.68. The van der Waals surface area contributed by atoms with Gasteiger partial charge in [-0.25, -0.2) is 0 Å². The molecule has 2 N–H and O–H groups in total. The molecule has 2 rings (SSSR count). The van der Waals surface area contributed by atoms with Crippen molar-refractivity contribution in [1.29, 1.82) is 0 Å². The van der Waals surface area contributed by atoms with E-state index in [9.17, 15) is 19.7 Å². The van der Waals surface area contributed by atoms with Gasteiger partial charge in [-0.2, -0.15) is 0 Å². The number of non-ortho nitro benzene ring substituents is 1. The second-order valence-electron chi connectivity index (χ2n) is 5.79. The second kappa shape index (κ2) is 9.30. The summed E-state index contributed by atoms with van der Waals surface area (Å²) in [6, 6.07) is 12.7. The highest BCUT2D eigenvalue weighted by molar-refractivity contribution is 5.96. The predicted molar refractivity (Wildman–Crippen MR) is 98.0 cm³/mol. The third kappa shape index (κ3) is 5.79. The quantitative estimate of drug-likeness (QED) is 0.562. The van der Waals surface area contributed by atoms with Crippen molar-refractivity contribution in [1.82, 2.24) is 15.8 Å². The minimum atomic E-state index is -0.639. The summed E-state index contributed by atoms with van der Waals surface area (Å²) in [5.74, 6) is -0.339. The molecule has 0 saturated heterocycles. The van der Waals surface area contributed by atoms with Crippen LogP contribution in [-0.2, 0) is 11.3 Å². The number of benzene rings is 2. The number of likely N-dealkylation sites (N-methyl/N-ethyl adjacent to an activating group) is 1.